The van der Waals surface area contributed by atoms with E-state index in [4.69, 9.17) is 4.74 Å². The molecule has 0 bridgehead atoms. The van der Waals surface area contributed by atoms with Crippen LogP contribution in [0.1, 0.15) is 18.1 Å². The fourth-order valence-electron chi connectivity index (χ4n) is 2.86. The zero-order valence-corrected chi connectivity index (χ0v) is 16.5. The van der Waals surface area contributed by atoms with E-state index in [1.807, 2.05) is 37.3 Å². The highest BCUT2D eigenvalue weighted by molar-refractivity contribution is 5.83. The summed E-state index contributed by atoms with van der Waals surface area (Å²) in [6, 6.07) is 16.4. The highest BCUT2D eigenvalue weighted by atomic mass is 19.4. The van der Waals surface area contributed by atoms with Crippen molar-refractivity contribution in [3.8, 4) is 5.75 Å². The number of hydrogen-bond donors (Lipinski definition) is 2. The molecule has 0 spiro atoms. The van der Waals surface area contributed by atoms with Gasteiger partial charge in [-0.3, -0.25) is 4.98 Å². The van der Waals surface area contributed by atoms with Crippen molar-refractivity contribution >= 4 is 16.9 Å². The highest BCUT2D eigenvalue weighted by Crippen LogP contribution is 2.19. The fraction of sp³-hybridized carbons (Fsp3) is 0.273. The number of rotatable bonds is 7. The number of pyridine rings is 1. The van der Waals surface area contributed by atoms with Crippen molar-refractivity contribution in [2.75, 3.05) is 13.2 Å². The van der Waals surface area contributed by atoms with Crippen LogP contribution in [-0.2, 0) is 13.1 Å². The Hall–Kier alpha value is -3.29. The van der Waals surface area contributed by atoms with Crippen molar-refractivity contribution in [3.05, 3.63) is 71.9 Å². The quantitative estimate of drug-likeness (QED) is 0.442. The van der Waals surface area contributed by atoms with Gasteiger partial charge in [-0.25, -0.2) is 4.99 Å². The van der Waals surface area contributed by atoms with Gasteiger partial charge < -0.3 is 15.4 Å². The molecule has 1 heterocycles. The lowest BCUT2D eigenvalue weighted by atomic mass is 10.1. The van der Waals surface area contributed by atoms with E-state index >= 15 is 0 Å². The smallest absolute Gasteiger partial charge is 0.422 e. The van der Waals surface area contributed by atoms with Gasteiger partial charge >= 0.3 is 6.18 Å². The summed E-state index contributed by atoms with van der Waals surface area (Å²) in [5.41, 5.74) is 2.86. The van der Waals surface area contributed by atoms with Crippen LogP contribution in [0.4, 0.5) is 13.2 Å². The van der Waals surface area contributed by atoms with E-state index in [9.17, 15) is 13.2 Å². The molecule has 0 atom stereocenters. The molecular weight excluding hydrogens is 393 g/mol. The highest BCUT2D eigenvalue weighted by Gasteiger charge is 2.28. The fourth-order valence-corrected chi connectivity index (χ4v) is 2.86. The summed E-state index contributed by atoms with van der Waals surface area (Å²) in [6.07, 6.45) is -2.58. The molecule has 158 valence electrons. The first-order valence-electron chi connectivity index (χ1n) is 9.58. The van der Waals surface area contributed by atoms with Gasteiger partial charge in [0, 0.05) is 24.7 Å². The van der Waals surface area contributed by atoms with Gasteiger partial charge in [0.1, 0.15) is 5.75 Å². The first-order chi connectivity index (χ1) is 14.4. The molecule has 0 radical (unpaired) electrons. The molecule has 0 unspecified atom stereocenters. The van der Waals surface area contributed by atoms with E-state index in [2.05, 4.69) is 20.6 Å². The van der Waals surface area contributed by atoms with Crippen LogP contribution in [0.25, 0.3) is 10.9 Å². The molecule has 1 aromatic heterocycles. The second-order valence-electron chi connectivity index (χ2n) is 6.59. The van der Waals surface area contributed by atoms with Crippen LogP contribution in [-0.4, -0.2) is 30.3 Å². The Balaban J connectivity index is 1.61. The van der Waals surface area contributed by atoms with E-state index in [1.165, 1.54) is 12.1 Å². The molecule has 0 fully saturated rings. The number of benzene rings is 2. The molecule has 0 saturated heterocycles. The largest absolute Gasteiger partial charge is 0.484 e. The number of para-hydroxylation sites is 1. The van der Waals surface area contributed by atoms with E-state index in [0.717, 1.165) is 22.0 Å². The molecule has 2 aromatic carbocycles. The second kappa shape index (κ2) is 9.96. The summed E-state index contributed by atoms with van der Waals surface area (Å²) in [4.78, 5) is 9.00. The zero-order chi connectivity index (χ0) is 21.4. The number of halogens is 3. The van der Waals surface area contributed by atoms with Gasteiger partial charge in [-0.2, -0.15) is 13.2 Å². The minimum atomic E-state index is -4.35. The van der Waals surface area contributed by atoms with E-state index in [0.29, 0.717) is 25.6 Å². The van der Waals surface area contributed by atoms with Gasteiger partial charge in [-0.15, -0.1) is 0 Å². The maximum Gasteiger partial charge on any atom is 0.422 e. The normalized spacial score (nSPS) is 12.1. The average Bonchev–Trinajstić information content (AvgIpc) is 2.74. The van der Waals surface area contributed by atoms with Gasteiger partial charge in [0.25, 0.3) is 0 Å². The third-order valence-electron chi connectivity index (χ3n) is 4.25. The zero-order valence-electron chi connectivity index (χ0n) is 16.5. The number of aromatic nitrogens is 1. The number of alkyl halides is 3. The van der Waals surface area contributed by atoms with E-state index in [1.54, 1.807) is 18.3 Å². The van der Waals surface area contributed by atoms with Crippen molar-refractivity contribution in [2.24, 2.45) is 4.99 Å². The summed E-state index contributed by atoms with van der Waals surface area (Å²) in [7, 11) is 0. The first kappa shape index (κ1) is 21.4. The molecule has 0 saturated carbocycles. The minimum Gasteiger partial charge on any atom is -0.484 e. The standard InChI is InChI=1S/C22H23F3N4O/c1-2-26-21(29-14-18-6-3-5-17-7-4-12-27-20(17)18)28-13-16-8-10-19(11-9-16)30-15-22(23,24)25/h3-12H,2,13-15H2,1H3,(H2,26,28,29). The molecule has 0 aliphatic carbocycles. The number of hydrogen-bond acceptors (Lipinski definition) is 3. The minimum absolute atomic E-state index is 0.175. The summed E-state index contributed by atoms with van der Waals surface area (Å²) in [5, 5.41) is 7.56. The third-order valence-corrected chi connectivity index (χ3v) is 4.25. The number of fused-ring (bicyclic) bond motifs is 1. The maximum absolute atomic E-state index is 12.2. The van der Waals surface area contributed by atoms with Crippen LogP contribution in [0.5, 0.6) is 5.75 Å². The predicted molar refractivity (Wildman–Crippen MR) is 111 cm³/mol. The number of aliphatic imine (C=N–C) groups is 1. The lowest BCUT2D eigenvalue weighted by Crippen LogP contribution is -2.36. The van der Waals surface area contributed by atoms with Crippen LogP contribution >= 0.6 is 0 Å². The molecular formula is C22H23F3N4O. The molecule has 0 aliphatic heterocycles. The number of nitrogens with one attached hydrogen (secondary N) is 2. The van der Waals surface area contributed by atoms with Crippen molar-refractivity contribution in [3.63, 3.8) is 0 Å². The molecule has 3 aromatic rings. The molecule has 8 heteroatoms. The average molecular weight is 416 g/mol. The van der Waals surface area contributed by atoms with E-state index < -0.39 is 12.8 Å². The van der Waals surface area contributed by atoms with Crippen LogP contribution in [0.2, 0.25) is 0 Å². The van der Waals surface area contributed by atoms with Crippen molar-refractivity contribution < 1.29 is 17.9 Å². The SMILES string of the molecule is CCNC(=NCc1ccc(OCC(F)(F)F)cc1)NCc1cccc2cccnc12. The Morgan fingerprint density at radius 3 is 2.53 bits per heavy atom. The van der Waals surface area contributed by atoms with Crippen LogP contribution in [0.3, 0.4) is 0 Å². The van der Waals surface area contributed by atoms with Crippen LogP contribution in [0, 0.1) is 0 Å². The van der Waals surface area contributed by atoms with Gasteiger partial charge in [0.15, 0.2) is 12.6 Å². The summed E-state index contributed by atoms with van der Waals surface area (Å²) in [6.45, 7) is 2.31. The maximum atomic E-state index is 12.2. The Morgan fingerprint density at radius 1 is 1.03 bits per heavy atom. The van der Waals surface area contributed by atoms with Crippen molar-refractivity contribution in [1.29, 1.82) is 0 Å². The van der Waals surface area contributed by atoms with Crippen molar-refractivity contribution in [1.82, 2.24) is 15.6 Å². The van der Waals surface area contributed by atoms with Crippen LogP contribution < -0.4 is 15.4 Å². The molecule has 0 aliphatic rings. The third kappa shape index (κ3) is 6.37. The topological polar surface area (TPSA) is 58.5 Å². The monoisotopic (exact) mass is 416 g/mol. The summed E-state index contributed by atoms with van der Waals surface area (Å²) in [5.74, 6) is 0.816. The lowest BCUT2D eigenvalue weighted by Gasteiger charge is -2.13. The summed E-state index contributed by atoms with van der Waals surface area (Å²) >= 11 is 0. The molecule has 5 nitrogen and oxygen atoms in total. The Kier molecular flexibility index (Phi) is 7.11. The molecule has 3 rings (SSSR count). The number of nitrogens with zero attached hydrogens (tertiary/aromatic N) is 2. The van der Waals surface area contributed by atoms with Gasteiger partial charge in [0.2, 0.25) is 0 Å². The van der Waals surface area contributed by atoms with E-state index in [-0.39, 0.29) is 5.75 Å². The Morgan fingerprint density at radius 2 is 1.80 bits per heavy atom. The van der Waals surface area contributed by atoms with Crippen molar-refractivity contribution in [2.45, 2.75) is 26.2 Å². The Labute approximate surface area is 173 Å². The van der Waals surface area contributed by atoms with Gasteiger partial charge in [-0.1, -0.05) is 36.4 Å². The number of guanidine groups is 1. The lowest BCUT2D eigenvalue weighted by molar-refractivity contribution is -0.153. The van der Waals surface area contributed by atoms with Gasteiger partial charge in [-0.05, 0) is 36.2 Å². The second-order valence-corrected chi connectivity index (χ2v) is 6.59. The number of ether oxygens (including phenoxy) is 1. The predicted octanol–water partition coefficient (Wildman–Crippen LogP) is 4.43. The van der Waals surface area contributed by atoms with Crippen LogP contribution in [0.15, 0.2) is 65.8 Å². The Bertz CT molecular complexity index is 982. The first-order valence-corrected chi connectivity index (χ1v) is 9.58. The summed E-state index contributed by atoms with van der Waals surface area (Å²) < 4.78 is 41.4. The van der Waals surface area contributed by atoms with Gasteiger partial charge in [0.05, 0.1) is 12.1 Å². The molecule has 2 N–H and O–H groups in total. The molecule has 0 amide bonds. The molecule has 30 heavy (non-hydrogen) atoms.